The molecule has 0 fully saturated rings. The third-order valence-corrected chi connectivity index (χ3v) is 1.31. The maximum atomic E-state index is 10.4. The van der Waals surface area contributed by atoms with Crippen molar-refractivity contribution < 1.29 is 9.90 Å². The van der Waals surface area contributed by atoms with Crippen molar-refractivity contribution in [2.24, 2.45) is 11.0 Å². The number of nitrogens with one attached hydrogen (secondary N) is 1. The lowest BCUT2D eigenvalue weighted by molar-refractivity contribution is -0.123. The van der Waals surface area contributed by atoms with Crippen molar-refractivity contribution in [2.75, 3.05) is 6.61 Å². The first-order chi connectivity index (χ1) is 5.20. The second-order valence-corrected chi connectivity index (χ2v) is 2.36. The molecule has 0 aliphatic carbocycles. The zero-order chi connectivity index (χ0) is 8.69. The normalized spacial score (nSPS) is 13.4. The maximum absolute atomic E-state index is 10.4. The van der Waals surface area contributed by atoms with Gasteiger partial charge in [-0.1, -0.05) is 13.8 Å². The van der Waals surface area contributed by atoms with Crippen molar-refractivity contribution >= 4 is 12.1 Å². The molecular formula is C7H14N2O2. The van der Waals surface area contributed by atoms with Gasteiger partial charge in [0.25, 0.3) is 5.91 Å². The fourth-order valence-corrected chi connectivity index (χ4v) is 0.377. The molecule has 0 aromatic rings. The number of aliphatic hydroxyl groups is 1. The summed E-state index contributed by atoms with van der Waals surface area (Å²) in [5.74, 6) is -0.126. The molecule has 1 unspecified atom stereocenters. The van der Waals surface area contributed by atoms with E-state index in [1.807, 2.05) is 13.8 Å². The molecule has 11 heavy (non-hydrogen) atoms. The van der Waals surface area contributed by atoms with E-state index in [1.54, 1.807) is 6.21 Å². The van der Waals surface area contributed by atoms with Gasteiger partial charge in [0.2, 0.25) is 0 Å². The van der Waals surface area contributed by atoms with Gasteiger partial charge in [-0.2, -0.15) is 5.10 Å². The van der Waals surface area contributed by atoms with Crippen molar-refractivity contribution in [3.05, 3.63) is 0 Å². The molecule has 0 bridgehead atoms. The van der Waals surface area contributed by atoms with E-state index in [4.69, 9.17) is 5.11 Å². The van der Waals surface area contributed by atoms with Gasteiger partial charge in [-0.05, 0) is 12.3 Å². The first-order valence-electron chi connectivity index (χ1n) is 3.63. The molecular weight excluding hydrogens is 144 g/mol. The van der Waals surface area contributed by atoms with E-state index in [0.29, 0.717) is 5.92 Å². The van der Waals surface area contributed by atoms with E-state index in [1.165, 1.54) is 0 Å². The Kier molecular flexibility index (Phi) is 5.37. The molecule has 0 saturated heterocycles. The van der Waals surface area contributed by atoms with Gasteiger partial charge in [-0.3, -0.25) is 4.79 Å². The van der Waals surface area contributed by atoms with Gasteiger partial charge in [-0.25, -0.2) is 5.43 Å². The summed E-state index contributed by atoms with van der Waals surface area (Å²) in [6.07, 6.45) is 2.63. The fourth-order valence-electron chi connectivity index (χ4n) is 0.377. The molecule has 0 saturated carbocycles. The second-order valence-electron chi connectivity index (χ2n) is 2.36. The van der Waals surface area contributed by atoms with Crippen molar-refractivity contribution in [3.63, 3.8) is 0 Å². The Labute approximate surface area is 66.3 Å². The molecule has 0 radical (unpaired) electrons. The molecule has 0 rings (SSSR count). The Balaban J connectivity index is 3.51. The number of hydrogen-bond acceptors (Lipinski definition) is 3. The SMILES string of the molecule is CCC(C)/C=N/NC(=O)CO. The molecule has 0 aromatic carbocycles. The van der Waals surface area contributed by atoms with Crippen molar-refractivity contribution in [1.29, 1.82) is 0 Å². The monoisotopic (exact) mass is 158 g/mol. The van der Waals surface area contributed by atoms with Gasteiger partial charge >= 0.3 is 0 Å². The Morgan fingerprint density at radius 3 is 2.91 bits per heavy atom. The van der Waals surface area contributed by atoms with E-state index in [-0.39, 0.29) is 0 Å². The number of nitrogens with zero attached hydrogens (tertiary/aromatic N) is 1. The van der Waals surface area contributed by atoms with Crippen molar-refractivity contribution in [3.8, 4) is 0 Å². The van der Waals surface area contributed by atoms with Crippen LogP contribution in [0.15, 0.2) is 5.10 Å². The van der Waals surface area contributed by atoms with Gasteiger partial charge in [0.15, 0.2) is 0 Å². The summed E-state index contributed by atoms with van der Waals surface area (Å²) in [5.41, 5.74) is 2.18. The summed E-state index contributed by atoms with van der Waals surface area (Å²) >= 11 is 0. The van der Waals surface area contributed by atoms with Crippen LogP contribution in [0.4, 0.5) is 0 Å². The minimum absolute atomic E-state index is 0.356. The summed E-state index contributed by atoms with van der Waals surface area (Å²) in [5, 5.41) is 11.9. The van der Waals surface area contributed by atoms with Gasteiger partial charge < -0.3 is 5.11 Å². The topological polar surface area (TPSA) is 61.7 Å². The predicted molar refractivity (Wildman–Crippen MR) is 43.2 cm³/mol. The molecule has 2 N–H and O–H groups in total. The van der Waals surface area contributed by atoms with E-state index in [2.05, 4.69) is 10.5 Å². The van der Waals surface area contributed by atoms with Crippen LogP contribution in [0.25, 0.3) is 0 Å². The summed E-state index contributed by atoms with van der Waals surface area (Å²) in [7, 11) is 0. The average Bonchev–Trinajstić information content (AvgIpc) is 2.04. The van der Waals surface area contributed by atoms with E-state index in [9.17, 15) is 4.79 Å². The number of carbonyl (C=O) groups excluding carboxylic acids is 1. The summed E-state index contributed by atoms with van der Waals surface area (Å²) < 4.78 is 0. The van der Waals surface area contributed by atoms with Crippen LogP contribution in [0.2, 0.25) is 0 Å². The van der Waals surface area contributed by atoms with Crippen LogP contribution in [-0.2, 0) is 4.79 Å². The molecule has 1 atom stereocenters. The minimum Gasteiger partial charge on any atom is -0.386 e. The van der Waals surface area contributed by atoms with Gasteiger partial charge in [0.1, 0.15) is 6.61 Å². The summed E-state index contributed by atoms with van der Waals surface area (Å²) in [6, 6.07) is 0. The highest BCUT2D eigenvalue weighted by Gasteiger charge is 1.94. The Morgan fingerprint density at radius 1 is 1.82 bits per heavy atom. The van der Waals surface area contributed by atoms with Crippen LogP contribution >= 0.6 is 0 Å². The number of aliphatic hydroxyl groups excluding tert-OH is 1. The highest BCUT2D eigenvalue weighted by molar-refractivity contribution is 5.77. The quantitative estimate of drug-likeness (QED) is 0.451. The second kappa shape index (κ2) is 5.85. The zero-order valence-corrected chi connectivity index (χ0v) is 6.87. The molecule has 1 amide bonds. The lowest BCUT2D eigenvalue weighted by Crippen LogP contribution is -2.21. The first kappa shape index (κ1) is 10.1. The van der Waals surface area contributed by atoms with Gasteiger partial charge in [0, 0.05) is 6.21 Å². The molecule has 0 heterocycles. The largest absolute Gasteiger partial charge is 0.386 e. The fraction of sp³-hybridized carbons (Fsp3) is 0.714. The molecule has 4 nitrogen and oxygen atoms in total. The van der Waals surface area contributed by atoms with Crippen LogP contribution in [0, 0.1) is 5.92 Å². The minimum atomic E-state index is -0.516. The summed E-state index contributed by atoms with van der Waals surface area (Å²) in [4.78, 5) is 10.4. The Morgan fingerprint density at radius 2 is 2.45 bits per heavy atom. The van der Waals surface area contributed by atoms with E-state index < -0.39 is 12.5 Å². The zero-order valence-electron chi connectivity index (χ0n) is 6.87. The predicted octanol–water partition coefficient (Wildman–Crippen LogP) is 0.127. The third kappa shape index (κ3) is 5.54. The number of rotatable bonds is 4. The molecule has 0 aliphatic rings. The highest BCUT2D eigenvalue weighted by Crippen LogP contribution is 1.93. The molecule has 0 aliphatic heterocycles. The maximum Gasteiger partial charge on any atom is 0.265 e. The molecule has 64 valence electrons. The number of carbonyl (C=O) groups is 1. The van der Waals surface area contributed by atoms with Gasteiger partial charge in [0.05, 0.1) is 0 Å². The molecule has 0 spiro atoms. The van der Waals surface area contributed by atoms with Crippen LogP contribution in [-0.4, -0.2) is 23.8 Å². The number of amides is 1. The van der Waals surface area contributed by atoms with Gasteiger partial charge in [-0.15, -0.1) is 0 Å². The van der Waals surface area contributed by atoms with Crippen molar-refractivity contribution in [2.45, 2.75) is 20.3 Å². The van der Waals surface area contributed by atoms with Crippen LogP contribution < -0.4 is 5.43 Å². The number of hydrogen-bond donors (Lipinski definition) is 2. The third-order valence-electron chi connectivity index (χ3n) is 1.31. The molecule has 0 aromatic heterocycles. The van der Waals surface area contributed by atoms with E-state index in [0.717, 1.165) is 6.42 Å². The Hall–Kier alpha value is -0.900. The highest BCUT2D eigenvalue weighted by atomic mass is 16.3. The van der Waals surface area contributed by atoms with Crippen LogP contribution in [0.5, 0.6) is 0 Å². The molecule has 4 heteroatoms. The van der Waals surface area contributed by atoms with Crippen molar-refractivity contribution in [1.82, 2.24) is 5.43 Å². The van der Waals surface area contributed by atoms with Crippen LogP contribution in [0.3, 0.4) is 0 Å². The smallest absolute Gasteiger partial charge is 0.265 e. The lowest BCUT2D eigenvalue weighted by Gasteiger charge is -1.98. The lowest BCUT2D eigenvalue weighted by atomic mass is 10.1. The first-order valence-corrected chi connectivity index (χ1v) is 3.63. The Bertz CT molecular complexity index is 145. The standard InChI is InChI=1S/C7H14N2O2/c1-3-6(2)4-8-9-7(11)5-10/h4,6,10H,3,5H2,1-2H3,(H,9,11)/b8-4+. The van der Waals surface area contributed by atoms with Crippen LogP contribution in [0.1, 0.15) is 20.3 Å². The number of hydrazone groups is 1. The average molecular weight is 158 g/mol. The van der Waals surface area contributed by atoms with E-state index >= 15 is 0 Å². The summed E-state index contributed by atoms with van der Waals surface area (Å²) in [6.45, 7) is 3.51.